The molecule has 7 N–H and O–H groups in total. The normalized spacial score (nSPS) is 18.0. The predicted octanol–water partition coefficient (Wildman–Crippen LogP) is -0.617. The van der Waals surface area contributed by atoms with Crippen molar-refractivity contribution in [2.45, 2.75) is 63.5 Å². The van der Waals surface area contributed by atoms with Crippen LogP contribution in [0.2, 0.25) is 0 Å². The first-order valence-corrected chi connectivity index (χ1v) is 11.4. The van der Waals surface area contributed by atoms with Crippen LogP contribution in [0.25, 0.3) is 0 Å². The summed E-state index contributed by atoms with van der Waals surface area (Å²) in [4.78, 5) is 45.8. The molecule has 1 heterocycles. The van der Waals surface area contributed by atoms with Crippen LogP contribution in [-0.4, -0.2) is 98.7 Å². The van der Waals surface area contributed by atoms with Crippen molar-refractivity contribution in [3.63, 3.8) is 0 Å². The molecule has 0 aliphatic carbocycles. The minimum Gasteiger partial charge on any atom is -0.479 e. The lowest BCUT2D eigenvalue weighted by Gasteiger charge is -2.36. The van der Waals surface area contributed by atoms with E-state index in [0.717, 1.165) is 6.07 Å². The highest BCUT2D eigenvalue weighted by Gasteiger charge is 2.35. The number of amides is 2. The number of carbonyl (C=O) groups excluding carboxylic acids is 2. The molecule has 1 saturated heterocycles. The molecular formula is C23H32F3N3O9. The Morgan fingerprint density at radius 2 is 1.61 bits per heavy atom. The van der Waals surface area contributed by atoms with Gasteiger partial charge in [0.1, 0.15) is 11.9 Å². The number of aliphatic hydroxyl groups excluding tert-OH is 2. The van der Waals surface area contributed by atoms with Crippen molar-refractivity contribution in [3.05, 3.63) is 35.1 Å². The highest BCUT2D eigenvalue weighted by Crippen LogP contribution is 2.17. The molecule has 0 bridgehead atoms. The fourth-order valence-corrected chi connectivity index (χ4v) is 3.19. The number of rotatable bonds is 9. The van der Waals surface area contributed by atoms with E-state index in [1.54, 1.807) is 0 Å². The van der Waals surface area contributed by atoms with Gasteiger partial charge in [0.15, 0.2) is 23.8 Å². The van der Waals surface area contributed by atoms with E-state index in [1.807, 2.05) is 20.8 Å². The predicted molar refractivity (Wildman–Crippen MR) is 124 cm³/mol. The maximum Gasteiger partial charge on any atom is 0.335 e. The van der Waals surface area contributed by atoms with Gasteiger partial charge in [-0.2, -0.15) is 0 Å². The molecular weight excluding hydrogens is 519 g/mol. The molecule has 214 valence electrons. The van der Waals surface area contributed by atoms with Crippen molar-refractivity contribution in [1.82, 2.24) is 10.2 Å². The van der Waals surface area contributed by atoms with Gasteiger partial charge in [-0.15, -0.1) is 0 Å². The lowest BCUT2D eigenvalue weighted by atomic mass is 10.0. The van der Waals surface area contributed by atoms with Gasteiger partial charge in [0.2, 0.25) is 11.8 Å². The van der Waals surface area contributed by atoms with Gasteiger partial charge < -0.3 is 41.1 Å². The SMILES string of the molecule is CC(C)(C)OCC1C(=O)NCCN1C(=O)CC(N)Cc1cc(F)c(F)cc1F.O=C(O)C(O)C(O)C(=O)O. The summed E-state index contributed by atoms with van der Waals surface area (Å²) in [5.41, 5.74) is 5.34. The lowest BCUT2D eigenvalue weighted by molar-refractivity contribution is -0.165. The Labute approximate surface area is 216 Å². The molecule has 0 radical (unpaired) electrons. The zero-order valence-electron chi connectivity index (χ0n) is 21.0. The molecule has 2 amide bonds. The fraction of sp³-hybridized carbons (Fsp3) is 0.565. The Hall–Kier alpha value is -3.27. The fourth-order valence-electron chi connectivity index (χ4n) is 3.19. The molecule has 2 rings (SSSR count). The van der Waals surface area contributed by atoms with E-state index in [4.69, 9.17) is 30.9 Å². The van der Waals surface area contributed by atoms with Crippen molar-refractivity contribution >= 4 is 23.8 Å². The molecule has 38 heavy (non-hydrogen) atoms. The first-order valence-electron chi connectivity index (χ1n) is 11.4. The summed E-state index contributed by atoms with van der Waals surface area (Å²) in [6, 6.07) is -0.411. The number of carbonyl (C=O) groups is 4. The molecule has 1 aromatic rings. The molecule has 0 aromatic heterocycles. The van der Waals surface area contributed by atoms with Crippen LogP contribution in [0.1, 0.15) is 32.8 Å². The number of piperazine rings is 1. The minimum absolute atomic E-state index is 0.0358. The standard InChI is InChI=1S/C19H26F3N3O3.C4H6O6/c1-19(2,3)28-10-16-18(27)24-4-5-25(16)17(26)8-12(23)6-11-7-14(21)15(22)9-13(11)20;5-1(3(7)8)2(6)4(9)10/h7,9,12,16H,4-6,8,10,23H2,1-3H3,(H,24,27);1-2,5-6H,(H,7,8)(H,9,10). The topological polar surface area (TPSA) is 200 Å². The number of nitrogens with one attached hydrogen (secondary N) is 1. The van der Waals surface area contributed by atoms with Crippen LogP contribution in [0.5, 0.6) is 0 Å². The van der Waals surface area contributed by atoms with E-state index < -0.39 is 59.3 Å². The number of hydrogen-bond acceptors (Lipinski definition) is 8. The van der Waals surface area contributed by atoms with Crippen LogP contribution < -0.4 is 11.1 Å². The van der Waals surface area contributed by atoms with Gasteiger partial charge in [-0.25, -0.2) is 22.8 Å². The lowest BCUT2D eigenvalue weighted by Crippen LogP contribution is -2.60. The summed E-state index contributed by atoms with van der Waals surface area (Å²) in [6.07, 6.45) is -4.84. The summed E-state index contributed by atoms with van der Waals surface area (Å²) in [7, 11) is 0. The first kappa shape index (κ1) is 32.8. The maximum atomic E-state index is 13.8. The van der Waals surface area contributed by atoms with Gasteiger partial charge in [-0.05, 0) is 38.8 Å². The van der Waals surface area contributed by atoms with Crippen LogP contribution in [0.3, 0.4) is 0 Å². The number of carboxylic acids is 2. The third kappa shape index (κ3) is 10.2. The number of nitrogens with zero attached hydrogens (tertiary/aromatic N) is 1. The maximum absolute atomic E-state index is 13.8. The van der Waals surface area contributed by atoms with Crippen LogP contribution in [0.15, 0.2) is 12.1 Å². The third-order valence-electron chi connectivity index (χ3n) is 5.14. The van der Waals surface area contributed by atoms with E-state index in [1.165, 1.54) is 4.90 Å². The summed E-state index contributed by atoms with van der Waals surface area (Å²) >= 11 is 0. The van der Waals surface area contributed by atoms with Crippen molar-refractivity contribution in [2.75, 3.05) is 19.7 Å². The Bertz CT molecular complexity index is 1000. The second kappa shape index (κ2) is 14.0. The van der Waals surface area contributed by atoms with Gasteiger partial charge in [0.05, 0.1) is 12.2 Å². The molecule has 4 atom stereocenters. The zero-order valence-corrected chi connectivity index (χ0v) is 21.0. The van der Waals surface area contributed by atoms with Crippen LogP contribution in [-0.2, 0) is 30.3 Å². The average Bonchev–Trinajstić information content (AvgIpc) is 2.80. The number of aliphatic carboxylic acids is 2. The highest BCUT2D eigenvalue weighted by molar-refractivity contribution is 5.89. The van der Waals surface area contributed by atoms with E-state index in [-0.39, 0.29) is 36.8 Å². The van der Waals surface area contributed by atoms with Crippen LogP contribution >= 0.6 is 0 Å². The third-order valence-corrected chi connectivity index (χ3v) is 5.14. The molecule has 1 aromatic carbocycles. The number of ether oxygens (including phenoxy) is 1. The molecule has 1 aliphatic rings. The van der Waals surface area contributed by atoms with Crippen LogP contribution in [0.4, 0.5) is 13.2 Å². The second-order valence-corrected chi connectivity index (χ2v) is 9.41. The largest absolute Gasteiger partial charge is 0.479 e. The van der Waals surface area contributed by atoms with Crippen LogP contribution in [0, 0.1) is 17.5 Å². The quantitative estimate of drug-likeness (QED) is 0.215. The number of halogens is 3. The molecule has 4 unspecified atom stereocenters. The Morgan fingerprint density at radius 3 is 2.11 bits per heavy atom. The number of hydrogen-bond donors (Lipinski definition) is 6. The minimum atomic E-state index is -2.27. The van der Waals surface area contributed by atoms with E-state index >= 15 is 0 Å². The molecule has 1 fully saturated rings. The number of aliphatic hydroxyl groups is 2. The molecule has 1 aliphatic heterocycles. The smallest absolute Gasteiger partial charge is 0.335 e. The molecule has 0 spiro atoms. The van der Waals surface area contributed by atoms with Gasteiger partial charge in [-0.3, -0.25) is 9.59 Å². The van der Waals surface area contributed by atoms with Gasteiger partial charge in [-0.1, -0.05) is 0 Å². The Morgan fingerprint density at radius 1 is 1.08 bits per heavy atom. The number of benzene rings is 1. The molecule has 15 heteroatoms. The first-order chi connectivity index (χ1) is 17.4. The summed E-state index contributed by atoms with van der Waals surface area (Å²) in [6.45, 7) is 6.16. The average molecular weight is 552 g/mol. The van der Waals surface area contributed by atoms with Gasteiger partial charge >= 0.3 is 11.9 Å². The highest BCUT2D eigenvalue weighted by atomic mass is 19.2. The van der Waals surface area contributed by atoms with E-state index in [9.17, 15) is 32.3 Å². The monoisotopic (exact) mass is 551 g/mol. The second-order valence-electron chi connectivity index (χ2n) is 9.41. The summed E-state index contributed by atoms with van der Waals surface area (Å²) < 4.78 is 45.8. The van der Waals surface area contributed by atoms with Crippen molar-refractivity contribution in [1.29, 1.82) is 0 Å². The molecule has 12 nitrogen and oxygen atoms in total. The van der Waals surface area contributed by atoms with E-state index in [2.05, 4.69) is 5.32 Å². The summed E-state index contributed by atoms with van der Waals surface area (Å²) in [5.74, 6) is -7.62. The van der Waals surface area contributed by atoms with Crippen molar-refractivity contribution in [3.8, 4) is 0 Å². The van der Waals surface area contributed by atoms with E-state index in [0.29, 0.717) is 19.2 Å². The van der Waals surface area contributed by atoms with Crippen molar-refractivity contribution < 1.29 is 57.5 Å². The van der Waals surface area contributed by atoms with Gasteiger partial charge in [0, 0.05) is 31.6 Å². The summed E-state index contributed by atoms with van der Waals surface area (Å²) in [5, 5.41) is 35.2. The zero-order chi connectivity index (χ0) is 29.4. The Balaban J connectivity index is 0.000000612. The number of nitrogens with two attached hydrogens (primary N) is 1. The Kier molecular flexibility index (Phi) is 12.1. The number of carboxylic acid groups (broad SMARTS) is 2. The van der Waals surface area contributed by atoms with Crippen molar-refractivity contribution in [2.24, 2.45) is 5.73 Å². The van der Waals surface area contributed by atoms with Gasteiger partial charge in [0.25, 0.3) is 0 Å². The molecule has 0 saturated carbocycles.